The molecule has 10 heteroatoms. The summed E-state index contributed by atoms with van der Waals surface area (Å²) in [6.07, 6.45) is 0.711. The van der Waals surface area contributed by atoms with Crippen LogP contribution in [-0.2, 0) is 11.8 Å². The molecule has 142 valence electrons. The second-order valence-electron chi connectivity index (χ2n) is 6.94. The normalized spacial score (nSPS) is 23.3. The first-order chi connectivity index (χ1) is 13.4. The van der Waals surface area contributed by atoms with Gasteiger partial charge in [-0.15, -0.1) is 10.2 Å². The highest BCUT2D eigenvalue weighted by molar-refractivity contribution is 5.91. The fraction of sp³-hybridized carbons (Fsp3) is 0.278. The number of amides is 1. The van der Waals surface area contributed by atoms with E-state index in [1.54, 1.807) is 31.3 Å². The second kappa shape index (κ2) is 5.80. The largest absolute Gasteiger partial charge is 0.438 e. The summed E-state index contributed by atoms with van der Waals surface area (Å²) in [4.78, 5) is 19.0. The quantitative estimate of drug-likeness (QED) is 0.732. The van der Waals surface area contributed by atoms with Gasteiger partial charge in [0.05, 0.1) is 25.4 Å². The van der Waals surface area contributed by atoms with E-state index in [9.17, 15) is 14.3 Å². The van der Waals surface area contributed by atoms with Gasteiger partial charge in [-0.3, -0.25) is 9.88 Å². The zero-order valence-corrected chi connectivity index (χ0v) is 14.8. The van der Waals surface area contributed by atoms with Crippen LogP contribution in [0.3, 0.4) is 0 Å². The molecular formula is C18H15FN6O3. The predicted octanol–water partition coefficient (Wildman–Crippen LogP) is 1.54. The van der Waals surface area contributed by atoms with Crippen LogP contribution in [-0.4, -0.2) is 54.6 Å². The molecule has 2 fully saturated rings. The maximum Gasteiger partial charge on any atom is 0.415 e. The van der Waals surface area contributed by atoms with Crippen LogP contribution in [0, 0.1) is 5.82 Å². The maximum absolute atomic E-state index is 14.7. The van der Waals surface area contributed by atoms with E-state index >= 15 is 0 Å². The highest BCUT2D eigenvalue weighted by Gasteiger charge is 2.63. The number of anilines is 1. The van der Waals surface area contributed by atoms with E-state index in [0.717, 1.165) is 0 Å². The van der Waals surface area contributed by atoms with Gasteiger partial charge in [0.1, 0.15) is 11.5 Å². The van der Waals surface area contributed by atoms with Crippen molar-refractivity contribution in [1.82, 2.24) is 25.2 Å². The molecule has 1 saturated carbocycles. The molecule has 1 N–H and O–H groups in total. The molecule has 2 aromatic heterocycles. The third-order valence-electron chi connectivity index (χ3n) is 5.00. The van der Waals surface area contributed by atoms with Gasteiger partial charge in [0.2, 0.25) is 5.82 Å². The van der Waals surface area contributed by atoms with Crippen molar-refractivity contribution in [2.24, 2.45) is 7.05 Å². The fourth-order valence-corrected chi connectivity index (χ4v) is 3.32. The van der Waals surface area contributed by atoms with E-state index in [1.807, 2.05) is 0 Å². The van der Waals surface area contributed by atoms with Gasteiger partial charge >= 0.3 is 6.09 Å². The number of pyridine rings is 1. The van der Waals surface area contributed by atoms with Crippen LogP contribution >= 0.6 is 0 Å². The first kappa shape index (κ1) is 16.8. The third kappa shape index (κ3) is 2.61. The lowest BCUT2D eigenvalue weighted by Gasteiger charge is -2.14. The van der Waals surface area contributed by atoms with Crippen molar-refractivity contribution in [2.75, 3.05) is 11.4 Å². The molecule has 1 amide bonds. The number of carbonyl (C=O) groups excluding carboxylic acids is 1. The molecule has 2 unspecified atom stereocenters. The second-order valence-corrected chi connectivity index (χ2v) is 6.94. The fourth-order valence-electron chi connectivity index (χ4n) is 3.32. The molecule has 0 bridgehead atoms. The Bertz CT molecular complexity index is 1090. The minimum absolute atomic E-state index is 0.215. The first-order valence-corrected chi connectivity index (χ1v) is 8.64. The molecule has 2 atom stereocenters. The van der Waals surface area contributed by atoms with Crippen LogP contribution in [0.15, 0.2) is 36.5 Å². The number of rotatable bonds is 3. The maximum atomic E-state index is 14.7. The van der Waals surface area contributed by atoms with Gasteiger partial charge in [0.25, 0.3) is 0 Å². The number of ether oxygens (including phenoxy) is 1. The van der Waals surface area contributed by atoms with E-state index < -0.39 is 23.6 Å². The Morgan fingerprint density at radius 2 is 2.14 bits per heavy atom. The number of aliphatic hydroxyl groups excluding tert-OH is 1. The van der Waals surface area contributed by atoms with Crippen molar-refractivity contribution in [3.8, 4) is 22.6 Å². The number of hydrogen-bond acceptors (Lipinski definition) is 7. The van der Waals surface area contributed by atoms with Crippen LogP contribution in [0.2, 0.25) is 0 Å². The average molecular weight is 382 g/mol. The van der Waals surface area contributed by atoms with Gasteiger partial charge in [0.15, 0.2) is 5.60 Å². The Hall–Kier alpha value is -3.40. The molecule has 1 aromatic carbocycles. The molecule has 1 spiro atoms. The Labute approximate surface area is 158 Å². The number of benzene rings is 1. The molecule has 5 rings (SSSR count). The summed E-state index contributed by atoms with van der Waals surface area (Å²) >= 11 is 0. The lowest BCUT2D eigenvalue weighted by atomic mass is 10.1. The van der Waals surface area contributed by atoms with Crippen LogP contribution in [0.4, 0.5) is 14.9 Å². The molecule has 28 heavy (non-hydrogen) atoms. The molecular weight excluding hydrogens is 367 g/mol. The minimum Gasteiger partial charge on any atom is -0.438 e. The van der Waals surface area contributed by atoms with Crippen molar-refractivity contribution in [3.05, 3.63) is 42.3 Å². The van der Waals surface area contributed by atoms with Crippen LogP contribution < -0.4 is 4.90 Å². The summed E-state index contributed by atoms with van der Waals surface area (Å²) in [6.45, 7) is 0.215. The minimum atomic E-state index is -0.833. The smallest absolute Gasteiger partial charge is 0.415 e. The summed E-state index contributed by atoms with van der Waals surface area (Å²) in [7, 11) is 1.66. The summed E-state index contributed by atoms with van der Waals surface area (Å²) in [5, 5.41) is 21.4. The average Bonchev–Trinajstić information content (AvgIpc) is 2.99. The molecule has 0 radical (unpaired) electrons. The standard InChI is InChI=1S/C18H15FN6O3/c1-24-22-16(21-23-24)14-5-2-10(8-20-14)12-4-3-11(6-13(12)19)25-9-18(7-15(18)26)28-17(25)27/h2-6,8,15,26H,7,9H2,1H3. The van der Waals surface area contributed by atoms with Gasteiger partial charge in [-0.05, 0) is 29.5 Å². The van der Waals surface area contributed by atoms with Gasteiger partial charge in [-0.25, -0.2) is 9.18 Å². The highest BCUT2D eigenvalue weighted by atomic mass is 19.1. The highest BCUT2D eigenvalue weighted by Crippen LogP contribution is 2.46. The zero-order valence-electron chi connectivity index (χ0n) is 14.8. The van der Waals surface area contributed by atoms with E-state index in [-0.39, 0.29) is 6.54 Å². The molecule has 9 nitrogen and oxygen atoms in total. The Morgan fingerprint density at radius 3 is 2.71 bits per heavy atom. The molecule has 3 heterocycles. The van der Waals surface area contributed by atoms with Crippen molar-refractivity contribution in [1.29, 1.82) is 0 Å². The number of aliphatic hydroxyl groups is 1. The number of tetrazole rings is 1. The van der Waals surface area contributed by atoms with Crippen LogP contribution in [0.25, 0.3) is 22.6 Å². The van der Waals surface area contributed by atoms with E-state index in [2.05, 4.69) is 20.4 Å². The monoisotopic (exact) mass is 382 g/mol. The number of carbonyl (C=O) groups is 1. The number of aryl methyl sites for hydroxylation is 1. The Kier molecular flexibility index (Phi) is 3.47. The molecule has 1 aliphatic heterocycles. The molecule has 1 aliphatic carbocycles. The number of nitrogens with zero attached hydrogens (tertiary/aromatic N) is 6. The van der Waals surface area contributed by atoms with Crippen molar-refractivity contribution in [3.63, 3.8) is 0 Å². The molecule has 1 saturated heterocycles. The van der Waals surface area contributed by atoms with Crippen LogP contribution in [0.5, 0.6) is 0 Å². The van der Waals surface area contributed by atoms with E-state index in [4.69, 9.17) is 4.74 Å². The van der Waals surface area contributed by atoms with Crippen molar-refractivity contribution >= 4 is 11.8 Å². The van der Waals surface area contributed by atoms with Crippen molar-refractivity contribution in [2.45, 2.75) is 18.1 Å². The Morgan fingerprint density at radius 1 is 1.32 bits per heavy atom. The third-order valence-corrected chi connectivity index (χ3v) is 5.00. The SMILES string of the molecule is Cn1nnc(-c2ccc(-c3ccc(N4CC5(CC5O)OC4=O)cc3F)cn2)n1. The number of halogens is 1. The summed E-state index contributed by atoms with van der Waals surface area (Å²) in [5.74, 6) is -0.108. The van der Waals surface area contributed by atoms with Gasteiger partial charge in [-0.2, -0.15) is 4.80 Å². The van der Waals surface area contributed by atoms with Gasteiger partial charge < -0.3 is 9.84 Å². The van der Waals surface area contributed by atoms with Crippen molar-refractivity contribution < 1.29 is 19.0 Å². The van der Waals surface area contributed by atoms with E-state index in [1.165, 1.54) is 22.0 Å². The lowest BCUT2D eigenvalue weighted by molar-refractivity contribution is 0.0899. The van der Waals surface area contributed by atoms with Crippen LogP contribution in [0.1, 0.15) is 6.42 Å². The lowest BCUT2D eigenvalue weighted by Crippen LogP contribution is -2.26. The number of aromatic nitrogens is 5. The molecule has 3 aromatic rings. The summed E-state index contributed by atoms with van der Waals surface area (Å²) in [5.41, 5.74) is 1.01. The number of hydrogen-bond donors (Lipinski definition) is 1. The first-order valence-electron chi connectivity index (χ1n) is 8.64. The Balaban J connectivity index is 1.40. The zero-order chi connectivity index (χ0) is 19.5. The van der Waals surface area contributed by atoms with Gasteiger partial charge in [-0.1, -0.05) is 6.07 Å². The van der Waals surface area contributed by atoms with E-state index in [0.29, 0.717) is 34.8 Å². The summed E-state index contributed by atoms with van der Waals surface area (Å²) in [6, 6.07) is 7.92. The topological polar surface area (TPSA) is 106 Å². The molecule has 2 aliphatic rings. The van der Waals surface area contributed by atoms with Gasteiger partial charge in [0, 0.05) is 23.7 Å². The predicted molar refractivity (Wildman–Crippen MR) is 94.6 cm³/mol. The summed E-state index contributed by atoms with van der Waals surface area (Å²) < 4.78 is 20.0.